The number of aliphatic carboxylic acids is 1. The van der Waals surface area contributed by atoms with Gasteiger partial charge in [-0.2, -0.15) is 8.42 Å². The van der Waals surface area contributed by atoms with Gasteiger partial charge in [-0.15, -0.1) is 0 Å². The van der Waals surface area contributed by atoms with Crippen LogP contribution in [0.1, 0.15) is 69.9 Å². The van der Waals surface area contributed by atoms with Gasteiger partial charge in [0.25, 0.3) is 0 Å². The summed E-state index contributed by atoms with van der Waals surface area (Å²) in [5.41, 5.74) is 9.09. The molecule has 18 heteroatoms. The fourth-order valence-corrected chi connectivity index (χ4v) is 6.70. The second-order valence-corrected chi connectivity index (χ2v) is 15.0. The third-order valence-electron chi connectivity index (χ3n) is 9.55. The summed E-state index contributed by atoms with van der Waals surface area (Å²) in [6, 6.07) is 12.4. The number of carboxylic acids is 1. The average Bonchev–Trinajstić information content (AvgIpc) is 3.19. The Morgan fingerprint density at radius 1 is 0.845 bits per heavy atom. The van der Waals surface area contributed by atoms with Crippen molar-refractivity contribution in [2.24, 2.45) is 11.5 Å². The number of amides is 4. The van der Waals surface area contributed by atoms with Crippen molar-refractivity contribution in [2.45, 2.75) is 102 Å². The summed E-state index contributed by atoms with van der Waals surface area (Å²) in [6.07, 6.45) is 2.14. The molecule has 0 saturated heterocycles. The first-order chi connectivity index (χ1) is 28.0. The van der Waals surface area contributed by atoms with Crippen molar-refractivity contribution in [1.29, 1.82) is 0 Å². The van der Waals surface area contributed by atoms with E-state index in [2.05, 4.69) is 25.9 Å². The quantitative estimate of drug-likeness (QED) is 0.0570. The number of nitrogens with two attached hydrogens (primary N) is 2. The maximum Gasteiger partial charge on any atom is 0.446 e. The minimum atomic E-state index is -4.73. The third kappa shape index (κ3) is 14.8. The van der Waals surface area contributed by atoms with Gasteiger partial charge in [-0.25, -0.2) is 0 Å². The van der Waals surface area contributed by atoms with Crippen LogP contribution in [-0.4, -0.2) is 102 Å². The molecule has 0 unspecified atom stereocenters. The monoisotopic (exact) mass is 827 g/mol. The fraction of sp³-hybridized carbons (Fsp3) is 0.450. The molecule has 0 radical (unpaired) electrons. The number of unbranched alkanes of at least 4 members (excludes halogenated alkanes) is 2. The molecule has 0 spiro atoms. The summed E-state index contributed by atoms with van der Waals surface area (Å²) in [5.74, 6) is -5.09. The van der Waals surface area contributed by atoms with E-state index in [1.54, 1.807) is 12.1 Å². The van der Waals surface area contributed by atoms with Crippen molar-refractivity contribution < 1.29 is 52.4 Å². The summed E-state index contributed by atoms with van der Waals surface area (Å²) in [4.78, 5) is 80.2. The number of hydrogen-bond donors (Lipinski definition) is 7. The molecule has 17 nitrogen and oxygen atoms in total. The fourth-order valence-electron chi connectivity index (χ4n) is 6.34. The van der Waals surface area contributed by atoms with Crippen LogP contribution in [0, 0.1) is 0 Å². The summed E-state index contributed by atoms with van der Waals surface area (Å²) < 4.78 is 43.0. The molecule has 0 fully saturated rings. The van der Waals surface area contributed by atoms with E-state index in [9.17, 15) is 42.3 Å². The zero-order valence-electron chi connectivity index (χ0n) is 33.8. The Balaban J connectivity index is 1.74. The van der Waals surface area contributed by atoms with E-state index in [0.29, 0.717) is 31.2 Å². The standard InChI is InChI=1S/C40H54N6O11S/c1-4-6-15-31(44-38(51)30(41)21-25-17-19-28(20-18-25)57-58(54,55)56)35(47)24-43-32(16-7-5-2)40(53)46(3)34(23-36(48)49)39(52)45-33(37(42)50)22-27-13-10-12-26-11-8-9-14-29(26)27/h8-14,17-20,30-34,43H,4-7,15-16,21-24,41H2,1-3H3,(H2,42,50)(H,44,51)(H,45,52)(H,48,49)(H,54,55,56)/t30-,31-,32-,33-,34+/m0/s1/i/hD. The lowest BCUT2D eigenvalue weighted by Crippen LogP contribution is -2.58. The number of carboxylic acid groups (broad SMARTS) is 1. The minimum absolute atomic E-state index is 0.0131. The molecular weight excluding hydrogens is 773 g/mol. The molecule has 0 aliphatic rings. The average molecular weight is 828 g/mol. The first kappa shape index (κ1) is 45.3. The number of rotatable bonds is 26. The maximum absolute atomic E-state index is 14.0. The van der Waals surface area contributed by atoms with Gasteiger partial charge in [0.2, 0.25) is 23.6 Å². The number of benzene rings is 3. The van der Waals surface area contributed by atoms with Crippen molar-refractivity contribution in [3.05, 3.63) is 77.9 Å². The predicted octanol–water partition coefficient (Wildman–Crippen LogP) is 1.80. The molecule has 0 saturated carbocycles. The van der Waals surface area contributed by atoms with Gasteiger partial charge < -0.3 is 36.3 Å². The molecule has 0 aromatic heterocycles. The topological polar surface area (TPSA) is 278 Å². The molecule has 3 rings (SSSR count). The number of Topliss-reactive ketones (excluding diaryl/α,β-unsaturated/α-hetero) is 1. The van der Waals surface area contributed by atoms with Crippen LogP contribution >= 0.6 is 0 Å². The Kier molecular flexibility index (Phi) is 17.6. The van der Waals surface area contributed by atoms with Gasteiger partial charge >= 0.3 is 16.4 Å². The van der Waals surface area contributed by atoms with Crippen LogP contribution in [-0.2, 0) is 52.0 Å². The van der Waals surface area contributed by atoms with Crippen LogP contribution in [0.25, 0.3) is 10.8 Å². The highest BCUT2D eigenvalue weighted by Crippen LogP contribution is 2.21. The zero-order chi connectivity index (χ0) is 43.7. The highest BCUT2D eigenvalue weighted by molar-refractivity contribution is 7.81. The number of primary amides is 1. The van der Waals surface area contributed by atoms with Gasteiger partial charge in [0, 0.05) is 13.5 Å². The van der Waals surface area contributed by atoms with Crippen molar-refractivity contribution in [3.63, 3.8) is 0 Å². The van der Waals surface area contributed by atoms with E-state index < -0.39 is 82.4 Å². The van der Waals surface area contributed by atoms with Crippen LogP contribution < -0.4 is 31.6 Å². The van der Waals surface area contributed by atoms with Crippen molar-refractivity contribution >= 4 is 56.6 Å². The molecule has 0 aliphatic heterocycles. The Morgan fingerprint density at radius 2 is 1.47 bits per heavy atom. The van der Waals surface area contributed by atoms with Gasteiger partial charge in [0.05, 0.1) is 31.1 Å². The lowest BCUT2D eigenvalue weighted by atomic mass is 9.98. The van der Waals surface area contributed by atoms with E-state index in [1.165, 1.54) is 31.3 Å². The van der Waals surface area contributed by atoms with Gasteiger partial charge in [-0.05, 0) is 53.3 Å². The number of nitrogens with zero attached hydrogens (tertiary/aromatic N) is 1. The van der Waals surface area contributed by atoms with E-state index in [0.717, 1.165) is 21.2 Å². The van der Waals surface area contributed by atoms with Crippen LogP contribution in [0.4, 0.5) is 0 Å². The molecule has 58 heavy (non-hydrogen) atoms. The summed E-state index contributed by atoms with van der Waals surface area (Å²) >= 11 is 0. The highest BCUT2D eigenvalue weighted by Gasteiger charge is 2.35. The van der Waals surface area contributed by atoms with E-state index >= 15 is 0 Å². The van der Waals surface area contributed by atoms with Crippen LogP contribution in [0.2, 0.25) is 1.41 Å². The Hall–Kier alpha value is -5.43. The number of hydrogen-bond acceptors (Lipinski definition) is 11. The van der Waals surface area contributed by atoms with Crippen molar-refractivity contribution in [3.8, 4) is 5.75 Å². The van der Waals surface area contributed by atoms with Gasteiger partial charge in [0.15, 0.2) is 5.78 Å². The smallest absolute Gasteiger partial charge is 0.446 e. The molecule has 0 heterocycles. The predicted molar refractivity (Wildman–Crippen MR) is 216 cm³/mol. The molecule has 4 amide bonds. The van der Waals surface area contributed by atoms with Crippen molar-refractivity contribution in [1.82, 2.24) is 20.9 Å². The Labute approximate surface area is 339 Å². The molecule has 5 atom stereocenters. The van der Waals surface area contributed by atoms with Gasteiger partial charge in [-0.3, -0.25) is 38.6 Å². The Bertz CT molecular complexity index is 2030. The second-order valence-electron chi connectivity index (χ2n) is 14.0. The maximum atomic E-state index is 14.0. The number of carbonyl (C=O) groups is 6. The number of carbonyl (C=O) groups excluding carboxylic acids is 5. The normalized spacial score (nSPS) is 14.2. The number of nitrogens with one attached hydrogen (secondary N) is 3. The second kappa shape index (κ2) is 22.5. The van der Waals surface area contributed by atoms with Gasteiger partial charge in [-0.1, -0.05) is 94.1 Å². The Morgan fingerprint density at radius 3 is 2.07 bits per heavy atom. The van der Waals surface area contributed by atoms with Gasteiger partial charge in [0.1, 0.15) is 19.2 Å². The zero-order valence-corrected chi connectivity index (χ0v) is 33.6. The van der Waals surface area contributed by atoms with Crippen LogP contribution in [0.5, 0.6) is 5.75 Å². The summed E-state index contributed by atoms with van der Waals surface area (Å²) in [5, 5.41) is 19.7. The van der Waals surface area contributed by atoms with Crippen molar-refractivity contribution in [2.75, 3.05) is 13.6 Å². The molecule has 0 aliphatic carbocycles. The molecule has 9 N–H and O–H groups in total. The lowest BCUT2D eigenvalue weighted by molar-refractivity contribution is -0.147. The number of ketones is 1. The van der Waals surface area contributed by atoms with E-state index in [-0.39, 0.29) is 38.0 Å². The van der Waals surface area contributed by atoms with Crippen LogP contribution in [0.3, 0.4) is 0 Å². The SMILES string of the molecule is [2H]N[C@@H](Cc1ccc(OS(=O)(=O)O)cc1)C(=O)N[C@@H](CCCC)C(=O)CN[C@@H](CCCC)C(=O)N(C)[C@H](CC(=O)O)C(=O)N[C@@H](Cc1cccc2ccccc12)C(N)=O. The molecule has 3 aromatic rings. The number of fused-ring (bicyclic) bond motifs is 1. The van der Waals surface area contributed by atoms with E-state index in [1.807, 2.05) is 44.2 Å². The molecule has 3 aromatic carbocycles. The molecule has 316 valence electrons. The summed E-state index contributed by atoms with van der Waals surface area (Å²) in [7, 11) is -3.46. The van der Waals surface area contributed by atoms with E-state index in [4.69, 9.17) is 11.7 Å². The first-order valence-corrected chi connectivity index (χ1v) is 20.4. The molecular formula is C40H54N6O11S. The highest BCUT2D eigenvalue weighted by atomic mass is 32.3. The van der Waals surface area contributed by atoms with Crippen LogP contribution in [0.15, 0.2) is 66.7 Å². The lowest BCUT2D eigenvalue weighted by Gasteiger charge is -2.31. The minimum Gasteiger partial charge on any atom is -0.481 e. The summed E-state index contributed by atoms with van der Waals surface area (Å²) in [6.45, 7) is 3.42. The number of likely N-dealkylation sites (N-methyl/N-ethyl adjacent to an activating group) is 1. The third-order valence-corrected chi connectivity index (χ3v) is 9.95. The first-order valence-electron chi connectivity index (χ1n) is 19.5. The molecule has 0 bridgehead atoms. The largest absolute Gasteiger partial charge is 0.481 e.